The number of aryl methyl sites for hydroxylation is 2. The van der Waals surface area contributed by atoms with Crippen molar-refractivity contribution in [2.45, 2.75) is 20.8 Å². The van der Waals surface area contributed by atoms with Crippen LogP contribution in [0.1, 0.15) is 18.1 Å². The number of amides is 4. The maximum atomic E-state index is 12.0. The molecule has 0 spiro atoms. The number of benzene rings is 1. The van der Waals surface area contributed by atoms with E-state index in [0.29, 0.717) is 31.9 Å². The predicted molar refractivity (Wildman–Crippen MR) is 90.9 cm³/mol. The fourth-order valence-corrected chi connectivity index (χ4v) is 2.82. The van der Waals surface area contributed by atoms with Gasteiger partial charge in [-0.05, 0) is 25.5 Å². The Bertz CT molecular complexity index is 637. The van der Waals surface area contributed by atoms with Crippen molar-refractivity contribution in [1.29, 1.82) is 0 Å². The number of anilines is 1. The summed E-state index contributed by atoms with van der Waals surface area (Å²) in [6.07, 6.45) is 0. The largest absolute Gasteiger partial charge is 0.332 e. The van der Waals surface area contributed by atoms with Gasteiger partial charge in [-0.15, -0.1) is 0 Å². The molecule has 1 heterocycles. The molecule has 0 unspecified atom stereocenters. The van der Waals surface area contributed by atoms with Crippen molar-refractivity contribution in [2.75, 3.05) is 38.0 Å². The quantitative estimate of drug-likeness (QED) is 0.710. The van der Waals surface area contributed by atoms with E-state index in [4.69, 9.17) is 0 Å². The van der Waals surface area contributed by atoms with Gasteiger partial charge in [0.25, 0.3) is 5.91 Å². The molecule has 4 amide bonds. The topological polar surface area (TPSA) is 83.0 Å². The van der Waals surface area contributed by atoms with Crippen molar-refractivity contribution in [2.24, 2.45) is 0 Å². The van der Waals surface area contributed by atoms with Crippen LogP contribution in [0.25, 0.3) is 0 Å². The lowest BCUT2D eigenvalue weighted by molar-refractivity contribution is -0.896. The van der Waals surface area contributed by atoms with Crippen molar-refractivity contribution in [1.82, 2.24) is 10.2 Å². The molecule has 2 rings (SSSR count). The fraction of sp³-hybridized carbons (Fsp3) is 0.471. The van der Waals surface area contributed by atoms with Crippen molar-refractivity contribution < 1.29 is 19.3 Å². The number of nitrogens with one attached hydrogen (secondary N) is 3. The van der Waals surface area contributed by atoms with E-state index in [1.165, 1.54) is 0 Å². The highest BCUT2D eigenvalue weighted by Gasteiger charge is 2.24. The van der Waals surface area contributed by atoms with Crippen LogP contribution in [-0.2, 0) is 9.59 Å². The van der Waals surface area contributed by atoms with Crippen LogP contribution < -0.4 is 15.5 Å². The molecule has 0 aromatic heterocycles. The molecular weight excluding hydrogens is 308 g/mol. The molecular formula is C17H25N4O3+. The highest BCUT2D eigenvalue weighted by molar-refractivity contribution is 6.01. The van der Waals surface area contributed by atoms with Crippen LogP contribution in [0.3, 0.4) is 0 Å². The molecule has 1 fully saturated rings. The summed E-state index contributed by atoms with van der Waals surface area (Å²) >= 11 is 0. The summed E-state index contributed by atoms with van der Waals surface area (Å²) in [6, 6.07) is 5.17. The molecule has 1 aromatic rings. The Balaban J connectivity index is 1.78. The maximum absolute atomic E-state index is 12.0. The van der Waals surface area contributed by atoms with Crippen LogP contribution in [0.2, 0.25) is 0 Å². The van der Waals surface area contributed by atoms with Gasteiger partial charge in [0.15, 0.2) is 6.54 Å². The zero-order valence-corrected chi connectivity index (χ0v) is 14.4. The van der Waals surface area contributed by atoms with E-state index < -0.39 is 6.03 Å². The standard InChI is InChI=1S/C17H24N4O3/c1-12-4-5-15(13(2)10-12)18-17(24)19-16(23)11-20-6-8-21(9-7-20)14(3)22/h4-5,10H,6-9,11H2,1-3H3,(H2,18,19,23,24)/p+1. The zero-order valence-electron chi connectivity index (χ0n) is 14.4. The highest BCUT2D eigenvalue weighted by atomic mass is 16.2. The number of nitrogens with zero attached hydrogens (tertiary/aromatic N) is 1. The van der Waals surface area contributed by atoms with Crippen molar-refractivity contribution in [3.63, 3.8) is 0 Å². The minimum atomic E-state index is -0.520. The molecule has 7 heteroatoms. The number of quaternary nitrogens is 1. The summed E-state index contributed by atoms with van der Waals surface area (Å²) in [6.45, 7) is 8.38. The van der Waals surface area contributed by atoms with Crippen LogP contribution in [-0.4, -0.2) is 55.5 Å². The molecule has 7 nitrogen and oxygen atoms in total. The van der Waals surface area contributed by atoms with Gasteiger partial charge in [-0.1, -0.05) is 17.7 Å². The molecule has 1 aromatic carbocycles. The van der Waals surface area contributed by atoms with Crippen LogP contribution >= 0.6 is 0 Å². The molecule has 0 aliphatic carbocycles. The molecule has 1 aliphatic rings. The molecule has 3 N–H and O–H groups in total. The third kappa shape index (κ3) is 5.06. The predicted octanol–water partition coefficient (Wildman–Crippen LogP) is -0.301. The minimum Gasteiger partial charge on any atom is -0.332 e. The number of rotatable bonds is 3. The first kappa shape index (κ1) is 17.9. The van der Waals surface area contributed by atoms with E-state index in [2.05, 4.69) is 10.6 Å². The zero-order chi connectivity index (χ0) is 17.7. The van der Waals surface area contributed by atoms with Gasteiger partial charge in [-0.25, -0.2) is 4.79 Å². The summed E-state index contributed by atoms with van der Waals surface area (Å²) < 4.78 is 0. The lowest BCUT2D eigenvalue weighted by Crippen LogP contribution is -3.15. The Morgan fingerprint density at radius 1 is 1.17 bits per heavy atom. The second kappa shape index (κ2) is 7.92. The smallest absolute Gasteiger partial charge is 0.326 e. The van der Waals surface area contributed by atoms with Crippen LogP contribution in [0.5, 0.6) is 0 Å². The SMILES string of the molecule is CC(=O)N1CC[NH+](CC(=O)NC(=O)Nc2ccc(C)cc2C)CC1. The summed E-state index contributed by atoms with van der Waals surface area (Å²) in [5.41, 5.74) is 2.75. The first-order valence-corrected chi connectivity index (χ1v) is 8.12. The number of hydrogen-bond donors (Lipinski definition) is 3. The van der Waals surface area contributed by atoms with Gasteiger partial charge in [0, 0.05) is 12.6 Å². The molecule has 130 valence electrons. The molecule has 0 radical (unpaired) electrons. The molecule has 0 saturated carbocycles. The Kier molecular flexibility index (Phi) is 5.92. The van der Waals surface area contributed by atoms with Crippen molar-refractivity contribution >= 4 is 23.5 Å². The van der Waals surface area contributed by atoms with E-state index in [0.717, 1.165) is 16.0 Å². The molecule has 1 aliphatic heterocycles. The van der Waals surface area contributed by atoms with Crippen LogP contribution in [0.15, 0.2) is 18.2 Å². The van der Waals surface area contributed by atoms with E-state index in [-0.39, 0.29) is 18.4 Å². The van der Waals surface area contributed by atoms with Crippen molar-refractivity contribution in [3.05, 3.63) is 29.3 Å². The number of carbonyl (C=O) groups excluding carboxylic acids is 3. The molecule has 0 atom stereocenters. The minimum absolute atomic E-state index is 0.0614. The number of carbonyl (C=O) groups is 3. The summed E-state index contributed by atoms with van der Waals surface area (Å²) in [5, 5.41) is 5.06. The van der Waals surface area contributed by atoms with Gasteiger partial charge in [0.05, 0.1) is 26.2 Å². The summed E-state index contributed by atoms with van der Waals surface area (Å²) in [4.78, 5) is 38.1. The van der Waals surface area contributed by atoms with Gasteiger partial charge >= 0.3 is 6.03 Å². The van der Waals surface area contributed by atoms with Crippen LogP contribution in [0.4, 0.5) is 10.5 Å². The number of hydrogen-bond acceptors (Lipinski definition) is 3. The molecule has 1 saturated heterocycles. The lowest BCUT2D eigenvalue weighted by Gasteiger charge is -2.31. The van der Waals surface area contributed by atoms with Crippen molar-refractivity contribution in [3.8, 4) is 0 Å². The van der Waals surface area contributed by atoms with Gasteiger partial charge < -0.3 is 15.1 Å². The monoisotopic (exact) mass is 333 g/mol. The molecule has 0 bridgehead atoms. The van der Waals surface area contributed by atoms with E-state index in [9.17, 15) is 14.4 Å². The van der Waals surface area contributed by atoms with E-state index in [1.807, 2.05) is 32.0 Å². The second-order valence-corrected chi connectivity index (χ2v) is 6.25. The molecule has 24 heavy (non-hydrogen) atoms. The van der Waals surface area contributed by atoms with Gasteiger partial charge in [0.1, 0.15) is 0 Å². The normalized spacial score (nSPS) is 15.0. The highest BCUT2D eigenvalue weighted by Crippen LogP contribution is 2.15. The average Bonchev–Trinajstić information content (AvgIpc) is 2.50. The van der Waals surface area contributed by atoms with Gasteiger partial charge in [-0.3, -0.25) is 14.9 Å². The second-order valence-electron chi connectivity index (χ2n) is 6.25. The average molecular weight is 333 g/mol. The number of imide groups is 1. The Hall–Kier alpha value is -2.41. The number of urea groups is 1. The van der Waals surface area contributed by atoms with E-state index >= 15 is 0 Å². The van der Waals surface area contributed by atoms with Crippen LogP contribution in [0, 0.1) is 13.8 Å². The first-order chi connectivity index (χ1) is 11.3. The van der Waals surface area contributed by atoms with Gasteiger partial charge in [0.2, 0.25) is 5.91 Å². The third-order valence-corrected chi connectivity index (χ3v) is 4.21. The summed E-state index contributed by atoms with van der Waals surface area (Å²) in [5.74, 6) is -0.255. The van der Waals surface area contributed by atoms with Gasteiger partial charge in [-0.2, -0.15) is 0 Å². The number of piperazine rings is 1. The maximum Gasteiger partial charge on any atom is 0.326 e. The Morgan fingerprint density at radius 2 is 1.83 bits per heavy atom. The third-order valence-electron chi connectivity index (χ3n) is 4.21. The Morgan fingerprint density at radius 3 is 2.42 bits per heavy atom. The summed E-state index contributed by atoms with van der Waals surface area (Å²) in [7, 11) is 0. The Labute approximate surface area is 142 Å². The lowest BCUT2D eigenvalue weighted by atomic mass is 10.1. The fourth-order valence-electron chi connectivity index (χ4n) is 2.82. The van der Waals surface area contributed by atoms with E-state index in [1.54, 1.807) is 11.8 Å². The first-order valence-electron chi connectivity index (χ1n) is 8.12.